The molecule has 0 atom stereocenters. The maximum absolute atomic E-state index is 12.6. The summed E-state index contributed by atoms with van der Waals surface area (Å²) in [5.41, 5.74) is 9.28. The Labute approximate surface area is 181 Å². The smallest absolute Gasteiger partial charge is 0.275 e. The summed E-state index contributed by atoms with van der Waals surface area (Å²) in [4.78, 5) is 12.6. The summed E-state index contributed by atoms with van der Waals surface area (Å²) < 4.78 is 2.18. The van der Waals surface area contributed by atoms with Crippen molar-refractivity contribution in [3.63, 3.8) is 0 Å². The van der Waals surface area contributed by atoms with Gasteiger partial charge in [-0.2, -0.15) is 5.10 Å². The van der Waals surface area contributed by atoms with Crippen molar-refractivity contribution in [2.45, 2.75) is 27.7 Å². The standard InChI is InChI=1S/C26H25N3O2/c1-16-9-17(2)11-23(10-16)29-18(3)12-22(19(29)4)15-27-28-26(31)24-13-20-7-5-6-8-21(20)14-25(24)30/h5-15,30H,1-4H3,(H,28,31). The molecular formula is C26H25N3O2. The average Bonchev–Trinajstić information content (AvgIpc) is 2.99. The summed E-state index contributed by atoms with van der Waals surface area (Å²) in [6.45, 7) is 8.26. The second kappa shape index (κ2) is 8.11. The van der Waals surface area contributed by atoms with Crippen LogP contribution in [0.4, 0.5) is 0 Å². The predicted molar refractivity (Wildman–Crippen MR) is 125 cm³/mol. The van der Waals surface area contributed by atoms with E-state index in [9.17, 15) is 9.90 Å². The third-order valence-corrected chi connectivity index (χ3v) is 5.41. The summed E-state index contributed by atoms with van der Waals surface area (Å²) >= 11 is 0. The number of benzene rings is 3. The minimum Gasteiger partial charge on any atom is -0.507 e. The van der Waals surface area contributed by atoms with Crippen LogP contribution in [-0.4, -0.2) is 21.8 Å². The van der Waals surface area contributed by atoms with Gasteiger partial charge in [-0.05, 0) is 79.9 Å². The lowest BCUT2D eigenvalue weighted by molar-refractivity contribution is 0.0952. The highest BCUT2D eigenvalue weighted by Gasteiger charge is 2.13. The molecule has 2 N–H and O–H groups in total. The molecule has 0 unspecified atom stereocenters. The minimum absolute atomic E-state index is 0.0700. The SMILES string of the molecule is Cc1cc(C)cc(-n2c(C)cc(C=NNC(=O)c3cc4ccccc4cc3O)c2C)c1. The fraction of sp³-hybridized carbons (Fsp3) is 0.154. The topological polar surface area (TPSA) is 66.6 Å². The molecule has 0 saturated carbocycles. The predicted octanol–water partition coefficient (Wildman–Crippen LogP) is 5.33. The van der Waals surface area contributed by atoms with E-state index in [1.807, 2.05) is 44.2 Å². The summed E-state index contributed by atoms with van der Waals surface area (Å²) in [6.07, 6.45) is 1.64. The molecule has 1 amide bonds. The fourth-order valence-electron chi connectivity index (χ4n) is 4.03. The molecule has 3 aromatic carbocycles. The quantitative estimate of drug-likeness (QED) is 0.352. The Morgan fingerprint density at radius 3 is 2.26 bits per heavy atom. The Hall–Kier alpha value is -3.86. The number of phenols is 1. The molecule has 1 aromatic heterocycles. The van der Waals surface area contributed by atoms with Crippen LogP contribution in [0.2, 0.25) is 0 Å². The highest BCUT2D eigenvalue weighted by Crippen LogP contribution is 2.25. The molecule has 0 aliphatic rings. The number of carbonyl (C=O) groups is 1. The van der Waals surface area contributed by atoms with Crippen molar-refractivity contribution in [2.75, 3.05) is 0 Å². The zero-order valence-electron chi connectivity index (χ0n) is 18.1. The summed E-state index contributed by atoms with van der Waals surface area (Å²) in [7, 11) is 0. The summed E-state index contributed by atoms with van der Waals surface area (Å²) in [6, 6.07) is 19.3. The van der Waals surface area contributed by atoms with Gasteiger partial charge in [-0.15, -0.1) is 0 Å². The lowest BCUT2D eigenvalue weighted by atomic mass is 10.1. The molecule has 0 fully saturated rings. The number of hydrogen-bond donors (Lipinski definition) is 2. The molecular weight excluding hydrogens is 386 g/mol. The molecule has 5 heteroatoms. The summed E-state index contributed by atoms with van der Waals surface area (Å²) in [5, 5.41) is 16.1. The van der Waals surface area contributed by atoms with E-state index in [4.69, 9.17) is 0 Å². The lowest BCUT2D eigenvalue weighted by Gasteiger charge is -2.11. The van der Waals surface area contributed by atoms with Crippen molar-refractivity contribution >= 4 is 22.9 Å². The number of hydrazone groups is 1. The highest BCUT2D eigenvalue weighted by molar-refractivity contribution is 6.01. The Bertz CT molecular complexity index is 1310. The van der Waals surface area contributed by atoms with E-state index in [0.717, 1.165) is 33.4 Å². The van der Waals surface area contributed by atoms with Gasteiger partial charge in [-0.3, -0.25) is 4.79 Å². The second-order valence-corrected chi connectivity index (χ2v) is 7.92. The first-order valence-electron chi connectivity index (χ1n) is 10.2. The molecule has 0 saturated heterocycles. The maximum Gasteiger partial charge on any atom is 0.275 e. The molecule has 0 aliphatic carbocycles. The van der Waals surface area contributed by atoms with Gasteiger partial charge in [0.15, 0.2) is 0 Å². The number of fused-ring (bicyclic) bond motifs is 1. The first-order valence-corrected chi connectivity index (χ1v) is 10.2. The first-order chi connectivity index (χ1) is 14.8. The normalized spacial score (nSPS) is 11.4. The van der Waals surface area contributed by atoms with Crippen molar-refractivity contribution in [1.29, 1.82) is 0 Å². The van der Waals surface area contributed by atoms with Gasteiger partial charge in [0.2, 0.25) is 0 Å². The molecule has 0 aliphatic heterocycles. The van der Waals surface area contributed by atoms with Gasteiger partial charge in [0.05, 0.1) is 11.8 Å². The minimum atomic E-state index is -0.456. The van der Waals surface area contributed by atoms with Crippen LogP contribution >= 0.6 is 0 Å². The Morgan fingerprint density at radius 1 is 0.935 bits per heavy atom. The van der Waals surface area contributed by atoms with Gasteiger partial charge in [0.1, 0.15) is 5.75 Å². The van der Waals surface area contributed by atoms with Crippen molar-refractivity contribution in [3.8, 4) is 11.4 Å². The molecule has 5 nitrogen and oxygen atoms in total. The Balaban J connectivity index is 1.57. The van der Waals surface area contributed by atoms with Gasteiger partial charge >= 0.3 is 0 Å². The van der Waals surface area contributed by atoms with E-state index < -0.39 is 5.91 Å². The molecule has 4 rings (SSSR count). The first kappa shape index (κ1) is 20.4. The number of nitrogens with one attached hydrogen (secondary N) is 1. The fourth-order valence-corrected chi connectivity index (χ4v) is 4.03. The number of rotatable bonds is 4. The number of aromatic hydroxyl groups is 1. The molecule has 31 heavy (non-hydrogen) atoms. The monoisotopic (exact) mass is 411 g/mol. The van der Waals surface area contributed by atoms with Crippen molar-refractivity contribution in [1.82, 2.24) is 9.99 Å². The van der Waals surface area contributed by atoms with Crippen LogP contribution in [0, 0.1) is 27.7 Å². The highest BCUT2D eigenvalue weighted by atomic mass is 16.3. The molecule has 1 heterocycles. The Morgan fingerprint density at radius 2 is 1.58 bits per heavy atom. The lowest BCUT2D eigenvalue weighted by Crippen LogP contribution is -2.17. The van der Waals surface area contributed by atoms with E-state index in [1.54, 1.807) is 18.3 Å². The number of nitrogens with zero attached hydrogens (tertiary/aromatic N) is 2. The van der Waals surface area contributed by atoms with Crippen LogP contribution in [0.25, 0.3) is 16.5 Å². The number of carbonyl (C=O) groups excluding carboxylic acids is 1. The number of hydrogen-bond acceptors (Lipinski definition) is 3. The van der Waals surface area contributed by atoms with E-state index in [0.29, 0.717) is 0 Å². The van der Waals surface area contributed by atoms with Crippen molar-refractivity contribution in [3.05, 3.63) is 94.3 Å². The molecule has 0 radical (unpaired) electrons. The van der Waals surface area contributed by atoms with Gasteiger partial charge in [-0.25, -0.2) is 5.43 Å². The maximum atomic E-state index is 12.6. The zero-order chi connectivity index (χ0) is 22.1. The number of aryl methyl sites for hydroxylation is 3. The van der Waals surface area contributed by atoms with Crippen molar-refractivity contribution in [2.24, 2.45) is 5.10 Å². The zero-order valence-corrected chi connectivity index (χ0v) is 18.1. The third kappa shape index (κ3) is 4.08. The van der Waals surface area contributed by atoms with Crippen LogP contribution in [0.3, 0.4) is 0 Å². The van der Waals surface area contributed by atoms with Crippen LogP contribution in [0.5, 0.6) is 5.75 Å². The van der Waals surface area contributed by atoms with E-state index in [-0.39, 0.29) is 11.3 Å². The van der Waals surface area contributed by atoms with E-state index >= 15 is 0 Å². The number of aromatic nitrogens is 1. The molecule has 4 aromatic rings. The van der Waals surface area contributed by atoms with Crippen molar-refractivity contribution < 1.29 is 9.90 Å². The van der Waals surface area contributed by atoms with E-state index in [2.05, 4.69) is 47.1 Å². The third-order valence-electron chi connectivity index (χ3n) is 5.41. The van der Waals surface area contributed by atoms with Gasteiger partial charge in [0, 0.05) is 22.6 Å². The van der Waals surface area contributed by atoms with Crippen LogP contribution in [0.15, 0.2) is 65.8 Å². The van der Waals surface area contributed by atoms with Gasteiger partial charge in [0.25, 0.3) is 5.91 Å². The summed E-state index contributed by atoms with van der Waals surface area (Å²) in [5.74, 6) is -0.526. The Kier molecular flexibility index (Phi) is 5.34. The van der Waals surface area contributed by atoms with E-state index in [1.165, 1.54) is 11.1 Å². The number of amides is 1. The van der Waals surface area contributed by atoms with Gasteiger partial charge in [-0.1, -0.05) is 30.3 Å². The van der Waals surface area contributed by atoms with Crippen LogP contribution in [-0.2, 0) is 0 Å². The van der Waals surface area contributed by atoms with Gasteiger partial charge < -0.3 is 9.67 Å². The number of phenolic OH excluding ortho intramolecular Hbond substituents is 1. The van der Waals surface area contributed by atoms with Crippen LogP contribution in [0.1, 0.15) is 38.4 Å². The second-order valence-electron chi connectivity index (χ2n) is 7.92. The molecule has 0 bridgehead atoms. The largest absolute Gasteiger partial charge is 0.507 e. The molecule has 0 spiro atoms. The molecule has 156 valence electrons. The van der Waals surface area contributed by atoms with Crippen LogP contribution < -0.4 is 5.43 Å². The average molecular weight is 412 g/mol.